The molecule has 2 aromatic rings. The van der Waals surface area contributed by atoms with Crippen molar-refractivity contribution in [2.24, 2.45) is 0 Å². The molecule has 0 atom stereocenters. The molecule has 18 heavy (non-hydrogen) atoms. The Morgan fingerprint density at radius 3 is 3.06 bits per heavy atom. The first-order chi connectivity index (χ1) is 8.61. The smallest absolute Gasteiger partial charge is 0.328 e. The van der Waals surface area contributed by atoms with Crippen LogP contribution in [0.15, 0.2) is 15.8 Å². The fourth-order valence-electron chi connectivity index (χ4n) is 1.37. The van der Waals surface area contributed by atoms with Crippen LogP contribution in [0.25, 0.3) is 0 Å². The first-order valence-corrected chi connectivity index (χ1v) is 5.93. The van der Waals surface area contributed by atoms with Gasteiger partial charge in [-0.2, -0.15) is 4.39 Å². The van der Waals surface area contributed by atoms with Gasteiger partial charge in [-0.1, -0.05) is 4.49 Å². The highest BCUT2D eigenvalue weighted by Crippen LogP contribution is 2.17. The lowest BCUT2D eigenvalue weighted by Crippen LogP contribution is -2.31. The number of nitrogens with one attached hydrogen (secondary N) is 2. The number of H-pyrrole nitrogens is 1. The standard InChI is InChI=1S/C9H10FN5O2S/c1-2-11-8-6(13-14-18-8)4-15-3-5(10)7(16)12-9(15)17/h3,11H,2,4H2,1H3,(H,12,16,17). The minimum Gasteiger partial charge on any atom is -0.374 e. The highest BCUT2D eigenvalue weighted by atomic mass is 32.1. The van der Waals surface area contributed by atoms with Gasteiger partial charge in [-0.15, -0.1) is 5.10 Å². The number of anilines is 1. The van der Waals surface area contributed by atoms with E-state index in [1.165, 1.54) is 0 Å². The Labute approximate surface area is 104 Å². The molecule has 0 radical (unpaired) electrons. The van der Waals surface area contributed by atoms with Gasteiger partial charge in [0, 0.05) is 18.1 Å². The summed E-state index contributed by atoms with van der Waals surface area (Å²) in [5.74, 6) is -1.01. The molecule has 2 N–H and O–H groups in total. The average molecular weight is 271 g/mol. The van der Waals surface area contributed by atoms with E-state index >= 15 is 0 Å². The molecule has 0 aliphatic rings. The van der Waals surface area contributed by atoms with Crippen molar-refractivity contribution in [3.63, 3.8) is 0 Å². The summed E-state index contributed by atoms with van der Waals surface area (Å²) < 4.78 is 17.9. The summed E-state index contributed by atoms with van der Waals surface area (Å²) in [6.07, 6.45) is 0.857. The van der Waals surface area contributed by atoms with Gasteiger partial charge in [-0.25, -0.2) is 4.79 Å². The summed E-state index contributed by atoms with van der Waals surface area (Å²) in [5.41, 5.74) is -1.19. The first-order valence-electron chi connectivity index (χ1n) is 5.16. The van der Waals surface area contributed by atoms with Crippen LogP contribution in [0.3, 0.4) is 0 Å². The van der Waals surface area contributed by atoms with E-state index < -0.39 is 17.1 Å². The summed E-state index contributed by atoms with van der Waals surface area (Å²) >= 11 is 1.15. The molecule has 0 unspecified atom stereocenters. The van der Waals surface area contributed by atoms with E-state index in [0.717, 1.165) is 27.3 Å². The molecular weight excluding hydrogens is 261 g/mol. The maximum atomic E-state index is 13.1. The van der Waals surface area contributed by atoms with Crippen molar-refractivity contribution in [2.45, 2.75) is 13.5 Å². The molecule has 2 heterocycles. The van der Waals surface area contributed by atoms with Crippen LogP contribution in [-0.2, 0) is 6.54 Å². The quantitative estimate of drug-likeness (QED) is 0.817. The lowest BCUT2D eigenvalue weighted by molar-refractivity contribution is 0.564. The van der Waals surface area contributed by atoms with Crippen LogP contribution in [0.4, 0.5) is 9.39 Å². The second kappa shape index (κ2) is 5.08. The zero-order chi connectivity index (χ0) is 13.1. The molecule has 0 amide bonds. The molecule has 2 aromatic heterocycles. The highest BCUT2D eigenvalue weighted by molar-refractivity contribution is 7.10. The predicted octanol–water partition coefficient (Wildman–Crippen LogP) is 0.00730. The number of halogens is 1. The van der Waals surface area contributed by atoms with E-state index in [4.69, 9.17) is 0 Å². The molecular formula is C9H10FN5O2S. The maximum absolute atomic E-state index is 13.1. The molecule has 0 aliphatic heterocycles. The van der Waals surface area contributed by atoms with Crippen molar-refractivity contribution in [1.82, 2.24) is 19.1 Å². The number of hydrogen-bond donors (Lipinski definition) is 2. The van der Waals surface area contributed by atoms with Crippen LogP contribution in [0.5, 0.6) is 0 Å². The van der Waals surface area contributed by atoms with Crippen molar-refractivity contribution in [3.05, 3.63) is 38.5 Å². The van der Waals surface area contributed by atoms with Gasteiger partial charge in [0.1, 0.15) is 10.7 Å². The summed E-state index contributed by atoms with van der Waals surface area (Å²) in [5, 5.41) is 7.61. The molecule has 0 spiro atoms. The number of aromatic nitrogens is 4. The van der Waals surface area contributed by atoms with E-state index in [9.17, 15) is 14.0 Å². The Morgan fingerprint density at radius 1 is 1.56 bits per heavy atom. The first kappa shape index (κ1) is 12.4. The van der Waals surface area contributed by atoms with Gasteiger partial charge in [-0.3, -0.25) is 14.3 Å². The number of nitrogens with zero attached hydrogens (tertiary/aromatic N) is 3. The van der Waals surface area contributed by atoms with E-state index in [-0.39, 0.29) is 6.54 Å². The van der Waals surface area contributed by atoms with Gasteiger partial charge < -0.3 is 5.32 Å². The average Bonchev–Trinajstić information content (AvgIpc) is 2.74. The van der Waals surface area contributed by atoms with Crippen molar-refractivity contribution < 1.29 is 4.39 Å². The molecule has 0 saturated heterocycles. The third-order valence-corrected chi connectivity index (χ3v) is 2.91. The zero-order valence-corrected chi connectivity index (χ0v) is 10.3. The Bertz CT molecular complexity index is 661. The number of hydrogen-bond acceptors (Lipinski definition) is 6. The molecule has 96 valence electrons. The summed E-state index contributed by atoms with van der Waals surface area (Å²) in [6, 6.07) is 0. The van der Waals surface area contributed by atoms with E-state index in [1.807, 2.05) is 11.9 Å². The normalized spacial score (nSPS) is 10.6. The van der Waals surface area contributed by atoms with Gasteiger partial charge >= 0.3 is 5.69 Å². The number of aromatic amines is 1. The Morgan fingerprint density at radius 2 is 2.33 bits per heavy atom. The minimum atomic E-state index is -1.03. The maximum Gasteiger partial charge on any atom is 0.328 e. The lowest BCUT2D eigenvalue weighted by atomic mass is 10.4. The van der Waals surface area contributed by atoms with Crippen molar-refractivity contribution >= 4 is 16.5 Å². The van der Waals surface area contributed by atoms with Crippen LogP contribution in [0.2, 0.25) is 0 Å². The molecule has 7 nitrogen and oxygen atoms in total. The molecule has 9 heteroatoms. The molecule has 0 bridgehead atoms. The van der Waals surface area contributed by atoms with Gasteiger partial charge in [0.25, 0.3) is 5.56 Å². The Balaban J connectivity index is 2.34. The molecule has 0 aromatic carbocycles. The fraction of sp³-hybridized carbons (Fsp3) is 0.333. The van der Waals surface area contributed by atoms with Gasteiger partial charge in [0.2, 0.25) is 5.82 Å². The summed E-state index contributed by atoms with van der Waals surface area (Å²) in [6.45, 7) is 2.65. The summed E-state index contributed by atoms with van der Waals surface area (Å²) in [7, 11) is 0. The SMILES string of the molecule is CCNc1snnc1Cn1cc(F)c(=O)[nH]c1=O. The third-order valence-electron chi connectivity index (χ3n) is 2.18. The predicted molar refractivity (Wildman–Crippen MR) is 64.5 cm³/mol. The second-order valence-electron chi connectivity index (χ2n) is 3.44. The van der Waals surface area contributed by atoms with Crippen molar-refractivity contribution in [3.8, 4) is 0 Å². The topological polar surface area (TPSA) is 92.7 Å². The fourth-order valence-corrected chi connectivity index (χ4v) is 2.01. The summed E-state index contributed by atoms with van der Waals surface area (Å²) in [4.78, 5) is 24.2. The Hall–Kier alpha value is -2.03. The molecule has 0 fully saturated rings. The van der Waals surface area contributed by atoms with Gasteiger partial charge in [0.15, 0.2) is 0 Å². The van der Waals surface area contributed by atoms with Crippen LogP contribution in [-0.4, -0.2) is 25.7 Å². The van der Waals surface area contributed by atoms with E-state index in [2.05, 4.69) is 14.9 Å². The monoisotopic (exact) mass is 271 g/mol. The minimum absolute atomic E-state index is 0.0470. The second-order valence-corrected chi connectivity index (χ2v) is 4.20. The van der Waals surface area contributed by atoms with Crippen LogP contribution in [0, 0.1) is 5.82 Å². The largest absolute Gasteiger partial charge is 0.374 e. The van der Waals surface area contributed by atoms with Gasteiger partial charge in [-0.05, 0) is 6.92 Å². The third kappa shape index (κ3) is 2.45. The van der Waals surface area contributed by atoms with Gasteiger partial charge in [0.05, 0.1) is 12.7 Å². The lowest BCUT2D eigenvalue weighted by Gasteiger charge is -2.04. The van der Waals surface area contributed by atoms with Crippen molar-refractivity contribution in [1.29, 1.82) is 0 Å². The highest BCUT2D eigenvalue weighted by Gasteiger charge is 2.10. The molecule has 0 aliphatic carbocycles. The van der Waals surface area contributed by atoms with Crippen LogP contribution in [0.1, 0.15) is 12.6 Å². The van der Waals surface area contributed by atoms with Crippen molar-refractivity contribution in [2.75, 3.05) is 11.9 Å². The van der Waals surface area contributed by atoms with Crippen LogP contribution < -0.4 is 16.6 Å². The Kier molecular flexibility index (Phi) is 3.51. The van der Waals surface area contributed by atoms with E-state index in [1.54, 1.807) is 0 Å². The van der Waals surface area contributed by atoms with E-state index in [0.29, 0.717) is 12.2 Å². The van der Waals surface area contributed by atoms with Crippen LogP contribution >= 0.6 is 11.5 Å². The molecule has 2 rings (SSSR count). The zero-order valence-electron chi connectivity index (χ0n) is 9.44. The molecule has 0 saturated carbocycles. The number of rotatable bonds is 4.